The maximum Gasteiger partial charge on any atom is 0.128 e. The van der Waals surface area contributed by atoms with Crippen LogP contribution in [0, 0.1) is 18.6 Å². The number of aromatic amines is 1. The first-order valence-electron chi connectivity index (χ1n) is 6.75. The summed E-state index contributed by atoms with van der Waals surface area (Å²) in [7, 11) is 0. The standard InChI is InChI=1S/C15H19F2N3/c1-10-8-14(17)12(9-13(10)16)11(2)18-5-3-4-15-19-6-7-20-15/h6-9,11,18H,3-5H2,1-2H3,(H,19,20). The van der Waals surface area contributed by atoms with E-state index < -0.39 is 0 Å². The molecule has 0 saturated heterocycles. The number of aryl methyl sites for hydroxylation is 2. The van der Waals surface area contributed by atoms with Gasteiger partial charge in [-0.1, -0.05) is 0 Å². The lowest BCUT2D eigenvalue weighted by Crippen LogP contribution is -2.21. The minimum absolute atomic E-state index is 0.221. The van der Waals surface area contributed by atoms with Crippen LogP contribution in [0.1, 0.15) is 36.3 Å². The van der Waals surface area contributed by atoms with Gasteiger partial charge < -0.3 is 10.3 Å². The zero-order chi connectivity index (χ0) is 14.5. The summed E-state index contributed by atoms with van der Waals surface area (Å²) in [6, 6.07) is 2.29. The molecule has 1 unspecified atom stereocenters. The van der Waals surface area contributed by atoms with Crippen molar-refractivity contribution in [2.24, 2.45) is 0 Å². The molecule has 0 saturated carbocycles. The third-order valence-electron chi connectivity index (χ3n) is 3.34. The lowest BCUT2D eigenvalue weighted by molar-refractivity contribution is 0.510. The van der Waals surface area contributed by atoms with Crippen molar-refractivity contribution in [3.05, 3.63) is 53.1 Å². The van der Waals surface area contributed by atoms with Crippen LogP contribution in [0.5, 0.6) is 0 Å². The van der Waals surface area contributed by atoms with Crippen molar-refractivity contribution >= 4 is 0 Å². The highest BCUT2D eigenvalue weighted by atomic mass is 19.1. The average Bonchev–Trinajstić information content (AvgIpc) is 2.92. The third kappa shape index (κ3) is 3.63. The van der Waals surface area contributed by atoms with E-state index in [1.165, 1.54) is 12.1 Å². The maximum atomic E-state index is 13.8. The molecule has 1 heterocycles. The summed E-state index contributed by atoms with van der Waals surface area (Å²) in [5.41, 5.74) is 0.697. The largest absolute Gasteiger partial charge is 0.349 e. The summed E-state index contributed by atoms with van der Waals surface area (Å²) < 4.78 is 27.3. The van der Waals surface area contributed by atoms with E-state index in [0.717, 1.165) is 25.2 Å². The summed E-state index contributed by atoms with van der Waals surface area (Å²) in [5, 5.41) is 3.20. The quantitative estimate of drug-likeness (QED) is 0.797. The second kappa shape index (κ2) is 6.61. The Kier molecular flexibility index (Phi) is 4.84. The Labute approximate surface area is 117 Å². The molecule has 0 aliphatic rings. The molecule has 108 valence electrons. The van der Waals surface area contributed by atoms with Crippen molar-refractivity contribution in [1.82, 2.24) is 15.3 Å². The smallest absolute Gasteiger partial charge is 0.128 e. The van der Waals surface area contributed by atoms with Crippen molar-refractivity contribution in [3.63, 3.8) is 0 Å². The van der Waals surface area contributed by atoms with Crippen LogP contribution in [0.25, 0.3) is 0 Å². The SMILES string of the molecule is Cc1cc(F)c(C(C)NCCCc2ncc[nH]2)cc1F. The van der Waals surface area contributed by atoms with Crippen LogP contribution >= 0.6 is 0 Å². The molecule has 2 aromatic rings. The van der Waals surface area contributed by atoms with Crippen molar-refractivity contribution in [2.45, 2.75) is 32.7 Å². The van der Waals surface area contributed by atoms with Gasteiger partial charge >= 0.3 is 0 Å². The van der Waals surface area contributed by atoms with E-state index in [0.29, 0.717) is 11.1 Å². The molecule has 0 bridgehead atoms. The molecule has 5 heteroatoms. The second-order valence-corrected chi connectivity index (χ2v) is 4.94. The van der Waals surface area contributed by atoms with Gasteiger partial charge in [-0.15, -0.1) is 0 Å². The molecule has 0 aliphatic carbocycles. The van der Waals surface area contributed by atoms with Crippen LogP contribution in [0.2, 0.25) is 0 Å². The third-order valence-corrected chi connectivity index (χ3v) is 3.34. The fraction of sp³-hybridized carbons (Fsp3) is 0.400. The van der Waals surface area contributed by atoms with Crippen LogP contribution in [0.15, 0.2) is 24.5 Å². The summed E-state index contributed by atoms with van der Waals surface area (Å²) in [5.74, 6) is 0.201. The molecule has 0 fully saturated rings. The Morgan fingerprint density at radius 3 is 2.80 bits per heavy atom. The topological polar surface area (TPSA) is 40.7 Å². The number of nitrogens with zero attached hydrogens (tertiary/aromatic N) is 1. The molecule has 1 atom stereocenters. The van der Waals surface area contributed by atoms with Crippen molar-refractivity contribution < 1.29 is 8.78 Å². The minimum atomic E-state index is -0.370. The van der Waals surface area contributed by atoms with Crippen LogP contribution < -0.4 is 5.32 Å². The summed E-state index contributed by atoms with van der Waals surface area (Å²) >= 11 is 0. The second-order valence-electron chi connectivity index (χ2n) is 4.94. The number of hydrogen-bond acceptors (Lipinski definition) is 2. The molecule has 2 N–H and O–H groups in total. The zero-order valence-electron chi connectivity index (χ0n) is 11.7. The normalized spacial score (nSPS) is 12.6. The number of aromatic nitrogens is 2. The van der Waals surface area contributed by atoms with Gasteiger partial charge in [0.05, 0.1) is 0 Å². The molecule has 0 spiro atoms. The summed E-state index contributed by atoms with van der Waals surface area (Å²) in [6.45, 7) is 4.11. The monoisotopic (exact) mass is 279 g/mol. The molecule has 20 heavy (non-hydrogen) atoms. The molecule has 0 radical (unpaired) electrons. The lowest BCUT2D eigenvalue weighted by Gasteiger charge is -2.15. The van der Waals surface area contributed by atoms with E-state index in [1.807, 2.05) is 6.92 Å². The molecule has 3 nitrogen and oxygen atoms in total. The van der Waals surface area contributed by atoms with E-state index in [4.69, 9.17) is 0 Å². The summed E-state index contributed by atoms with van der Waals surface area (Å²) in [6.07, 6.45) is 5.22. The summed E-state index contributed by atoms with van der Waals surface area (Å²) in [4.78, 5) is 7.16. The molecular formula is C15H19F2N3. The van der Waals surface area contributed by atoms with Gasteiger partial charge in [-0.3, -0.25) is 0 Å². The van der Waals surface area contributed by atoms with Gasteiger partial charge in [0.25, 0.3) is 0 Å². The Bertz CT molecular complexity index is 552. The lowest BCUT2D eigenvalue weighted by atomic mass is 10.0. The predicted octanol–water partition coefficient (Wildman–Crippen LogP) is 3.28. The number of rotatable bonds is 6. The van der Waals surface area contributed by atoms with Gasteiger partial charge in [0.1, 0.15) is 17.5 Å². The molecule has 1 aromatic carbocycles. The average molecular weight is 279 g/mol. The number of H-pyrrole nitrogens is 1. The maximum absolute atomic E-state index is 13.8. The number of halogens is 2. The van der Waals surface area contributed by atoms with E-state index >= 15 is 0 Å². The van der Waals surface area contributed by atoms with Gasteiger partial charge in [0, 0.05) is 30.4 Å². The molecule has 0 amide bonds. The number of imidazole rings is 1. The van der Waals surface area contributed by atoms with Crippen LogP contribution in [0.4, 0.5) is 8.78 Å². The first-order chi connectivity index (χ1) is 9.58. The number of nitrogens with one attached hydrogen (secondary N) is 2. The molecule has 2 rings (SSSR count). The van der Waals surface area contributed by atoms with E-state index in [9.17, 15) is 8.78 Å². The first kappa shape index (κ1) is 14.7. The Balaban J connectivity index is 1.85. The van der Waals surface area contributed by atoms with Crippen molar-refractivity contribution in [1.29, 1.82) is 0 Å². The fourth-order valence-electron chi connectivity index (χ4n) is 2.11. The first-order valence-corrected chi connectivity index (χ1v) is 6.75. The highest BCUT2D eigenvalue weighted by molar-refractivity contribution is 5.27. The predicted molar refractivity (Wildman–Crippen MR) is 74.4 cm³/mol. The van der Waals surface area contributed by atoms with Crippen molar-refractivity contribution in [2.75, 3.05) is 6.54 Å². The molecular weight excluding hydrogens is 260 g/mol. The van der Waals surface area contributed by atoms with E-state index in [1.54, 1.807) is 19.3 Å². The molecule has 0 aliphatic heterocycles. The Hall–Kier alpha value is -1.75. The Morgan fingerprint density at radius 2 is 2.10 bits per heavy atom. The van der Waals surface area contributed by atoms with Gasteiger partial charge in [0.15, 0.2) is 0 Å². The van der Waals surface area contributed by atoms with E-state index in [-0.39, 0.29) is 17.7 Å². The number of hydrogen-bond donors (Lipinski definition) is 2. The van der Waals surface area contributed by atoms with Crippen molar-refractivity contribution in [3.8, 4) is 0 Å². The van der Waals surface area contributed by atoms with Crippen LogP contribution in [-0.2, 0) is 6.42 Å². The minimum Gasteiger partial charge on any atom is -0.349 e. The van der Waals surface area contributed by atoms with Gasteiger partial charge in [0.2, 0.25) is 0 Å². The van der Waals surface area contributed by atoms with Gasteiger partial charge in [-0.2, -0.15) is 0 Å². The zero-order valence-corrected chi connectivity index (χ0v) is 11.7. The molecule has 1 aromatic heterocycles. The van der Waals surface area contributed by atoms with Crippen LogP contribution in [-0.4, -0.2) is 16.5 Å². The van der Waals surface area contributed by atoms with E-state index in [2.05, 4.69) is 15.3 Å². The van der Waals surface area contributed by atoms with Gasteiger partial charge in [-0.25, -0.2) is 13.8 Å². The fourth-order valence-corrected chi connectivity index (χ4v) is 2.11. The number of benzene rings is 1. The highest BCUT2D eigenvalue weighted by Gasteiger charge is 2.13. The highest BCUT2D eigenvalue weighted by Crippen LogP contribution is 2.20. The van der Waals surface area contributed by atoms with Crippen LogP contribution in [0.3, 0.4) is 0 Å². The Morgan fingerprint density at radius 1 is 1.30 bits per heavy atom. The van der Waals surface area contributed by atoms with Gasteiger partial charge in [-0.05, 0) is 44.5 Å².